The Bertz CT molecular complexity index is 519. The minimum Gasteiger partial charge on any atom is -0.384 e. The normalized spacial score (nSPS) is 12.9. The molecule has 0 amide bonds. The summed E-state index contributed by atoms with van der Waals surface area (Å²) in [6.07, 6.45) is 1.17. The lowest BCUT2D eigenvalue weighted by atomic mass is 10.2. The van der Waals surface area contributed by atoms with Crippen LogP contribution in [0.3, 0.4) is 0 Å². The second-order valence-electron chi connectivity index (χ2n) is 3.90. The summed E-state index contributed by atoms with van der Waals surface area (Å²) in [6, 6.07) is 4.55. The maximum Gasteiger partial charge on any atom is 0.242 e. The number of nitriles is 1. The van der Waals surface area contributed by atoms with Crippen LogP contribution in [-0.4, -0.2) is 33.7 Å². The van der Waals surface area contributed by atoms with Crippen LogP contribution >= 0.6 is 0 Å². The van der Waals surface area contributed by atoms with Crippen LogP contribution in [0.1, 0.15) is 12.6 Å². The van der Waals surface area contributed by atoms with Crippen molar-refractivity contribution in [2.45, 2.75) is 11.8 Å². The zero-order valence-electron chi connectivity index (χ0n) is 10.3. The molecule has 0 aliphatic carbocycles. The van der Waals surface area contributed by atoms with Crippen molar-refractivity contribution in [3.8, 4) is 6.07 Å². The Labute approximate surface area is 107 Å². The molecule has 1 aromatic rings. The topological polar surface area (TPSA) is 92.1 Å². The Morgan fingerprint density at radius 2 is 2.28 bits per heavy atom. The molecule has 0 saturated carbocycles. The van der Waals surface area contributed by atoms with Gasteiger partial charge in [0, 0.05) is 26.5 Å². The first-order valence-corrected chi connectivity index (χ1v) is 6.82. The first kappa shape index (κ1) is 14.6. The minimum absolute atomic E-state index is 0.0473. The van der Waals surface area contributed by atoms with E-state index in [0.717, 1.165) is 0 Å². The van der Waals surface area contributed by atoms with Crippen molar-refractivity contribution in [2.75, 3.05) is 20.3 Å². The van der Waals surface area contributed by atoms with Gasteiger partial charge in [0.05, 0.1) is 0 Å². The van der Waals surface area contributed by atoms with E-state index in [-0.39, 0.29) is 23.1 Å². The SMILES string of the molecule is COCC(C)CNS(=O)(=O)c1ccc(C#N)nc1. The summed E-state index contributed by atoms with van der Waals surface area (Å²) in [4.78, 5) is 3.77. The Balaban J connectivity index is 2.71. The average Bonchev–Trinajstić information content (AvgIpc) is 2.37. The first-order valence-electron chi connectivity index (χ1n) is 5.34. The molecule has 1 rings (SSSR count). The molecule has 18 heavy (non-hydrogen) atoms. The standard InChI is InChI=1S/C11H15N3O3S/c1-9(8-17-2)6-14-18(15,16)11-4-3-10(5-12)13-7-11/h3-4,7,9,14H,6,8H2,1-2H3. The Morgan fingerprint density at radius 3 is 2.78 bits per heavy atom. The van der Waals surface area contributed by atoms with Crippen molar-refractivity contribution in [1.29, 1.82) is 5.26 Å². The van der Waals surface area contributed by atoms with E-state index in [4.69, 9.17) is 10.00 Å². The van der Waals surface area contributed by atoms with Crippen LogP contribution in [0.15, 0.2) is 23.2 Å². The highest BCUT2D eigenvalue weighted by atomic mass is 32.2. The highest BCUT2D eigenvalue weighted by Crippen LogP contribution is 2.08. The maximum absolute atomic E-state index is 11.9. The summed E-state index contributed by atoms with van der Waals surface area (Å²) in [5.74, 6) is 0.0797. The Morgan fingerprint density at radius 1 is 1.56 bits per heavy atom. The van der Waals surface area contributed by atoms with Gasteiger partial charge in [0.15, 0.2) is 0 Å². The molecule has 0 aromatic carbocycles. The number of rotatable bonds is 6. The summed E-state index contributed by atoms with van der Waals surface area (Å²) in [7, 11) is -2.01. The summed E-state index contributed by atoms with van der Waals surface area (Å²) in [5.41, 5.74) is 0.182. The third-order valence-corrected chi connectivity index (χ3v) is 3.64. The molecule has 0 spiro atoms. The number of nitrogens with one attached hydrogen (secondary N) is 1. The maximum atomic E-state index is 11.9. The molecule has 0 radical (unpaired) electrons. The highest BCUT2D eigenvalue weighted by molar-refractivity contribution is 7.89. The third-order valence-electron chi connectivity index (χ3n) is 2.23. The van der Waals surface area contributed by atoms with E-state index in [2.05, 4.69) is 9.71 Å². The largest absolute Gasteiger partial charge is 0.384 e. The smallest absolute Gasteiger partial charge is 0.242 e. The molecule has 0 bridgehead atoms. The van der Waals surface area contributed by atoms with E-state index in [1.54, 1.807) is 7.11 Å². The molecule has 1 N–H and O–H groups in total. The number of nitrogens with zero attached hydrogens (tertiary/aromatic N) is 2. The molecule has 0 aliphatic rings. The van der Waals surface area contributed by atoms with Crippen LogP contribution in [0.2, 0.25) is 0 Å². The second-order valence-corrected chi connectivity index (χ2v) is 5.67. The van der Waals surface area contributed by atoms with Gasteiger partial charge in [-0.3, -0.25) is 0 Å². The molecule has 1 unspecified atom stereocenters. The molecule has 7 heteroatoms. The molecule has 1 heterocycles. The van der Waals surface area contributed by atoms with E-state index in [9.17, 15) is 8.42 Å². The van der Waals surface area contributed by atoms with Gasteiger partial charge in [-0.2, -0.15) is 5.26 Å². The van der Waals surface area contributed by atoms with E-state index < -0.39 is 10.0 Å². The number of methoxy groups -OCH3 is 1. The second kappa shape index (κ2) is 6.44. The van der Waals surface area contributed by atoms with Gasteiger partial charge < -0.3 is 4.74 Å². The molecule has 0 aliphatic heterocycles. The van der Waals surface area contributed by atoms with Crippen molar-refractivity contribution in [3.05, 3.63) is 24.0 Å². The number of pyridine rings is 1. The van der Waals surface area contributed by atoms with E-state index in [0.29, 0.717) is 6.61 Å². The van der Waals surface area contributed by atoms with Gasteiger partial charge in [-0.15, -0.1) is 0 Å². The van der Waals surface area contributed by atoms with Crippen LogP contribution in [0.5, 0.6) is 0 Å². The van der Waals surface area contributed by atoms with Gasteiger partial charge in [-0.1, -0.05) is 6.92 Å². The molecular formula is C11H15N3O3S. The van der Waals surface area contributed by atoms with Gasteiger partial charge in [0.2, 0.25) is 10.0 Å². The fourth-order valence-corrected chi connectivity index (χ4v) is 2.39. The van der Waals surface area contributed by atoms with Crippen molar-refractivity contribution >= 4 is 10.0 Å². The lowest BCUT2D eigenvalue weighted by Gasteiger charge is -2.11. The molecule has 98 valence electrons. The minimum atomic E-state index is -3.58. The zero-order valence-corrected chi connectivity index (χ0v) is 11.1. The molecule has 6 nitrogen and oxygen atoms in total. The van der Waals surface area contributed by atoms with Crippen molar-refractivity contribution < 1.29 is 13.2 Å². The van der Waals surface area contributed by atoms with Gasteiger partial charge in [-0.05, 0) is 18.1 Å². The first-order chi connectivity index (χ1) is 8.49. The van der Waals surface area contributed by atoms with Gasteiger partial charge in [0.1, 0.15) is 16.7 Å². The van der Waals surface area contributed by atoms with Crippen LogP contribution in [0.25, 0.3) is 0 Å². The number of sulfonamides is 1. The number of ether oxygens (including phenoxy) is 1. The van der Waals surface area contributed by atoms with Crippen LogP contribution in [-0.2, 0) is 14.8 Å². The molecule has 1 aromatic heterocycles. The van der Waals surface area contributed by atoms with Crippen LogP contribution < -0.4 is 4.72 Å². The fourth-order valence-electron chi connectivity index (χ4n) is 1.28. The van der Waals surface area contributed by atoms with Gasteiger partial charge >= 0.3 is 0 Å². The van der Waals surface area contributed by atoms with E-state index >= 15 is 0 Å². The van der Waals surface area contributed by atoms with E-state index in [1.165, 1.54) is 18.3 Å². The van der Waals surface area contributed by atoms with Gasteiger partial charge in [-0.25, -0.2) is 18.1 Å². The quantitative estimate of drug-likeness (QED) is 0.812. The van der Waals surface area contributed by atoms with Crippen molar-refractivity contribution in [3.63, 3.8) is 0 Å². The molecule has 0 fully saturated rings. The number of aromatic nitrogens is 1. The predicted octanol–water partition coefficient (Wildman–Crippen LogP) is 0.514. The van der Waals surface area contributed by atoms with Gasteiger partial charge in [0.25, 0.3) is 0 Å². The van der Waals surface area contributed by atoms with Crippen molar-refractivity contribution in [2.24, 2.45) is 5.92 Å². The van der Waals surface area contributed by atoms with E-state index in [1.807, 2.05) is 13.0 Å². The zero-order chi connectivity index (χ0) is 13.6. The third kappa shape index (κ3) is 4.07. The fraction of sp³-hybridized carbons (Fsp3) is 0.455. The molecule has 1 atom stereocenters. The molecule has 0 saturated heterocycles. The molecular weight excluding hydrogens is 254 g/mol. The Kier molecular flexibility index (Phi) is 5.22. The predicted molar refractivity (Wildman–Crippen MR) is 65.2 cm³/mol. The summed E-state index contributed by atoms with van der Waals surface area (Å²) in [5, 5.41) is 8.58. The lowest BCUT2D eigenvalue weighted by Crippen LogP contribution is -2.30. The summed E-state index contributed by atoms with van der Waals surface area (Å²) < 4.78 is 31.1. The van der Waals surface area contributed by atoms with Crippen molar-refractivity contribution in [1.82, 2.24) is 9.71 Å². The summed E-state index contributed by atoms with van der Waals surface area (Å²) >= 11 is 0. The van der Waals surface area contributed by atoms with Crippen LogP contribution in [0, 0.1) is 17.2 Å². The number of hydrogen-bond acceptors (Lipinski definition) is 5. The monoisotopic (exact) mass is 269 g/mol. The number of hydrogen-bond donors (Lipinski definition) is 1. The van der Waals surface area contributed by atoms with Crippen LogP contribution in [0.4, 0.5) is 0 Å². The lowest BCUT2D eigenvalue weighted by molar-refractivity contribution is 0.161. The Hall–Kier alpha value is -1.49. The average molecular weight is 269 g/mol. The highest BCUT2D eigenvalue weighted by Gasteiger charge is 2.15. The summed E-state index contributed by atoms with van der Waals surface area (Å²) in [6.45, 7) is 2.65.